The van der Waals surface area contributed by atoms with Gasteiger partial charge in [-0.25, -0.2) is 4.39 Å². The van der Waals surface area contributed by atoms with Crippen LogP contribution in [0.5, 0.6) is 0 Å². The van der Waals surface area contributed by atoms with Gasteiger partial charge in [0.05, 0.1) is 5.69 Å². The first-order valence-electron chi connectivity index (χ1n) is 5.10. The molecule has 2 rings (SSSR count). The van der Waals surface area contributed by atoms with Crippen molar-refractivity contribution < 1.29 is 9.18 Å². The Labute approximate surface area is 102 Å². The molecule has 84 valence electrons. The van der Waals surface area contributed by atoms with Crippen molar-refractivity contribution in [2.75, 3.05) is 5.32 Å². The van der Waals surface area contributed by atoms with E-state index < -0.39 is 0 Å². The fraction of sp³-hybridized carbons (Fsp3) is 0.250. The van der Waals surface area contributed by atoms with Crippen LogP contribution in [0, 0.1) is 5.82 Å². The van der Waals surface area contributed by atoms with Gasteiger partial charge in [0.2, 0.25) is 0 Å². The molecule has 16 heavy (non-hydrogen) atoms. The molecule has 0 radical (unpaired) electrons. The molecule has 0 fully saturated rings. The first kappa shape index (κ1) is 11.3. The Hall–Kier alpha value is -1.16. The molecule has 0 aromatic heterocycles. The highest BCUT2D eigenvalue weighted by atomic mass is 79.9. The van der Waals surface area contributed by atoms with Crippen molar-refractivity contribution in [2.24, 2.45) is 0 Å². The highest BCUT2D eigenvalue weighted by Gasteiger charge is 2.11. The lowest BCUT2D eigenvalue weighted by molar-refractivity contribution is -0.115. The summed E-state index contributed by atoms with van der Waals surface area (Å²) >= 11 is 3.19. The molecule has 1 aromatic rings. The fourth-order valence-corrected chi connectivity index (χ4v) is 1.99. The average molecular weight is 284 g/mol. The Kier molecular flexibility index (Phi) is 3.39. The van der Waals surface area contributed by atoms with Crippen LogP contribution >= 0.6 is 15.9 Å². The van der Waals surface area contributed by atoms with Crippen molar-refractivity contribution in [2.45, 2.75) is 19.3 Å². The van der Waals surface area contributed by atoms with Gasteiger partial charge in [-0.15, -0.1) is 0 Å². The molecule has 1 aromatic carbocycles. The Morgan fingerprint density at radius 1 is 1.31 bits per heavy atom. The Bertz CT molecular complexity index is 456. The highest BCUT2D eigenvalue weighted by Crippen LogP contribution is 2.23. The molecule has 0 bridgehead atoms. The predicted octanol–water partition coefficient (Wildman–Crippen LogP) is 3.64. The number of ketones is 1. The van der Waals surface area contributed by atoms with Crippen LogP contribution in [0.25, 0.3) is 0 Å². The molecule has 4 heteroatoms. The topological polar surface area (TPSA) is 29.1 Å². The number of hydrogen-bond acceptors (Lipinski definition) is 2. The maximum Gasteiger partial charge on any atom is 0.157 e. The van der Waals surface area contributed by atoms with Gasteiger partial charge in [-0.2, -0.15) is 0 Å². The summed E-state index contributed by atoms with van der Waals surface area (Å²) in [4.78, 5) is 11.2. The molecule has 0 heterocycles. The predicted molar refractivity (Wildman–Crippen MR) is 64.7 cm³/mol. The van der Waals surface area contributed by atoms with Crippen LogP contribution in [0.2, 0.25) is 0 Å². The van der Waals surface area contributed by atoms with Crippen molar-refractivity contribution in [3.63, 3.8) is 0 Å². The number of nitrogens with one attached hydrogen (secondary N) is 1. The van der Waals surface area contributed by atoms with E-state index in [4.69, 9.17) is 0 Å². The molecule has 0 atom stereocenters. The van der Waals surface area contributed by atoms with Gasteiger partial charge in [-0.05, 0) is 31.0 Å². The Morgan fingerprint density at radius 2 is 2.12 bits per heavy atom. The summed E-state index contributed by atoms with van der Waals surface area (Å²) in [5.41, 5.74) is 1.20. The van der Waals surface area contributed by atoms with Crippen LogP contribution in [-0.4, -0.2) is 5.78 Å². The summed E-state index contributed by atoms with van der Waals surface area (Å²) in [5, 5.41) is 2.95. The van der Waals surface area contributed by atoms with Gasteiger partial charge in [-0.1, -0.05) is 15.9 Å². The number of benzene rings is 1. The summed E-state index contributed by atoms with van der Waals surface area (Å²) in [6.45, 7) is 0. The highest BCUT2D eigenvalue weighted by molar-refractivity contribution is 9.10. The number of anilines is 1. The summed E-state index contributed by atoms with van der Waals surface area (Å²) in [5.74, 6) is -0.223. The van der Waals surface area contributed by atoms with Crippen LogP contribution in [0.3, 0.4) is 0 Å². The molecule has 0 saturated carbocycles. The number of allylic oxidation sites excluding steroid dienone is 2. The lowest BCUT2D eigenvalue weighted by atomic mass is 10.0. The first-order valence-corrected chi connectivity index (χ1v) is 5.90. The number of carbonyl (C=O) groups is 1. The van der Waals surface area contributed by atoms with Crippen LogP contribution in [0.4, 0.5) is 10.1 Å². The van der Waals surface area contributed by atoms with Crippen LogP contribution < -0.4 is 5.32 Å². The third-order valence-electron chi connectivity index (χ3n) is 2.43. The molecule has 0 spiro atoms. The second-order valence-corrected chi connectivity index (χ2v) is 4.65. The maximum absolute atomic E-state index is 13.5. The molecule has 0 aliphatic heterocycles. The van der Waals surface area contributed by atoms with Crippen LogP contribution in [0.1, 0.15) is 19.3 Å². The van der Waals surface area contributed by atoms with Gasteiger partial charge in [0, 0.05) is 22.7 Å². The lowest BCUT2D eigenvalue weighted by Gasteiger charge is -2.14. The van der Waals surface area contributed by atoms with Crippen LogP contribution in [-0.2, 0) is 4.79 Å². The van der Waals surface area contributed by atoms with E-state index in [2.05, 4.69) is 21.2 Å². The van der Waals surface area contributed by atoms with E-state index in [9.17, 15) is 9.18 Å². The zero-order valence-corrected chi connectivity index (χ0v) is 10.2. The Morgan fingerprint density at radius 3 is 2.81 bits per heavy atom. The maximum atomic E-state index is 13.5. The summed E-state index contributed by atoms with van der Waals surface area (Å²) in [6, 6.07) is 4.81. The van der Waals surface area contributed by atoms with E-state index in [1.807, 2.05) is 0 Å². The SMILES string of the molecule is O=C1C=C(Nc2ccc(Br)cc2F)CCC1. The monoisotopic (exact) mass is 283 g/mol. The minimum Gasteiger partial charge on any atom is -0.356 e. The number of hydrogen-bond donors (Lipinski definition) is 1. The number of rotatable bonds is 2. The molecule has 1 aliphatic rings. The summed E-state index contributed by atoms with van der Waals surface area (Å²) in [7, 11) is 0. The van der Waals surface area contributed by atoms with Gasteiger partial charge in [-0.3, -0.25) is 4.79 Å². The van der Waals surface area contributed by atoms with Gasteiger partial charge >= 0.3 is 0 Å². The minimum atomic E-state index is -0.326. The second kappa shape index (κ2) is 4.78. The van der Waals surface area contributed by atoms with E-state index >= 15 is 0 Å². The molecule has 0 amide bonds. The molecule has 1 aliphatic carbocycles. The second-order valence-electron chi connectivity index (χ2n) is 3.74. The van der Waals surface area contributed by atoms with E-state index in [-0.39, 0.29) is 11.6 Å². The summed E-state index contributed by atoms with van der Waals surface area (Å²) in [6.07, 6.45) is 3.77. The van der Waals surface area contributed by atoms with Crippen LogP contribution in [0.15, 0.2) is 34.4 Å². The summed E-state index contributed by atoms with van der Waals surface area (Å²) < 4.78 is 14.2. The standard InChI is InChI=1S/C12H11BrFNO/c13-8-4-5-12(11(14)6-8)15-9-2-1-3-10(16)7-9/h4-7,15H,1-3H2. The fourth-order valence-electron chi connectivity index (χ4n) is 1.65. The number of halogens is 2. The third-order valence-corrected chi connectivity index (χ3v) is 2.92. The van der Waals surface area contributed by atoms with E-state index in [1.165, 1.54) is 6.07 Å². The van der Waals surface area contributed by atoms with Gasteiger partial charge < -0.3 is 5.32 Å². The molecular weight excluding hydrogens is 273 g/mol. The zero-order chi connectivity index (χ0) is 11.5. The van der Waals surface area contributed by atoms with Crippen molar-refractivity contribution in [1.29, 1.82) is 0 Å². The Balaban J connectivity index is 2.17. The first-order chi connectivity index (χ1) is 7.65. The molecular formula is C12H11BrFNO. The largest absolute Gasteiger partial charge is 0.356 e. The van der Waals surface area contributed by atoms with Crippen molar-refractivity contribution in [3.8, 4) is 0 Å². The smallest absolute Gasteiger partial charge is 0.157 e. The normalized spacial score (nSPS) is 15.9. The molecule has 2 nitrogen and oxygen atoms in total. The quantitative estimate of drug-likeness (QED) is 0.898. The third kappa shape index (κ3) is 2.70. The van der Waals surface area contributed by atoms with E-state index in [0.717, 1.165) is 18.5 Å². The zero-order valence-electron chi connectivity index (χ0n) is 8.59. The van der Waals surface area contributed by atoms with E-state index in [1.54, 1.807) is 18.2 Å². The van der Waals surface area contributed by atoms with E-state index in [0.29, 0.717) is 16.6 Å². The molecule has 1 N–H and O–H groups in total. The average Bonchev–Trinajstić information content (AvgIpc) is 2.22. The van der Waals surface area contributed by atoms with Gasteiger partial charge in [0.25, 0.3) is 0 Å². The van der Waals surface area contributed by atoms with Crippen molar-refractivity contribution >= 4 is 27.4 Å². The van der Waals surface area contributed by atoms with Gasteiger partial charge in [0.15, 0.2) is 5.78 Å². The van der Waals surface area contributed by atoms with Crippen molar-refractivity contribution in [3.05, 3.63) is 40.3 Å². The van der Waals surface area contributed by atoms with Crippen molar-refractivity contribution in [1.82, 2.24) is 0 Å². The minimum absolute atomic E-state index is 0.103. The lowest BCUT2D eigenvalue weighted by Crippen LogP contribution is -2.09. The molecule has 0 unspecified atom stereocenters. The molecule has 0 saturated heterocycles. The van der Waals surface area contributed by atoms with Gasteiger partial charge in [0.1, 0.15) is 5.82 Å². The number of carbonyl (C=O) groups excluding carboxylic acids is 1.